The highest BCUT2D eigenvalue weighted by Crippen LogP contribution is 2.02. The van der Waals surface area contributed by atoms with Crippen molar-refractivity contribution in [2.24, 2.45) is 0 Å². The van der Waals surface area contributed by atoms with E-state index < -0.39 is 6.09 Å². The first kappa shape index (κ1) is 12.7. The summed E-state index contributed by atoms with van der Waals surface area (Å²) in [6.45, 7) is 0.515. The molecule has 3 heteroatoms. The van der Waals surface area contributed by atoms with Crippen LogP contribution in [0.5, 0.6) is 0 Å². The minimum Gasteiger partial charge on any atom is -0.445 e. The number of carbonyl (C=O) groups excluding carboxylic acids is 1. The Balaban J connectivity index is 2.48. The van der Waals surface area contributed by atoms with E-state index in [0.29, 0.717) is 0 Å². The van der Waals surface area contributed by atoms with Gasteiger partial charge in [-0.15, -0.1) is 12.8 Å². The highest BCUT2D eigenvalue weighted by Gasteiger charge is 2.12. The lowest BCUT2D eigenvalue weighted by atomic mass is 10.2. The Kier molecular flexibility index (Phi) is 5.20. The maximum absolute atomic E-state index is 11.6. The lowest BCUT2D eigenvalue weighted by molar-refractivity contribution is 0.105. The van der Waals surface area contributed by atoms with Gasteiger partial charge in [0.2, 0.25) is 0 Å². The van der Waals surface area contributed by atoms with Crippen molar-refractivity contribution in [3.8, 4) is 24.7 Å². The van der Waals surface area contributed by atoms with E-state index in [1.165, 1.54) is 4.90 Å². The first-order valence-electron chi connectivity index (χ1n) is 5.10. The fourth-order valence-corrected chi connectivity index (χ4v) is 1.22. The SMILES string of the molecule is C#CCN(CC#C)C(=O)OCc1ccccc1. The molecular weight excluding hydrogens is 214 g/mol. The van der Waals surface area contributed by atoms with Crippen molar-refractivity contribution in [2.75, 3.05) is 13.1 Å². The molecule has 1 amide bonds. The van der Waals surface area contributed by atoms with E-state index in [0.717, 1.165) is 5.56 Å². The van der Waals surface area contributed by atoms with Crippen molar-refractivity contribution in [1.29, 1.82) is 0 Å². The Morgan fingerprint density at radius 1 is 1.18 bits per heavy atom. The van der Waals surface area contributed by atoms with E-state index in [1.54, 1.807) is 0 Å². The summed E-state index contributed by atoms with van der Waals surface area (Å²) in [5.41, 5.74) is 0.919. The highest BCUT2D eigenvalue weighted by molar-refractivity contribution is 5.68. The number of terminal acetylenes is 2. The van der Waals surface area contributed by atoms with Gasteiger partial charge in [0.15, 0.2) is 0 Å². The van der Waals surface area contributed by atoms with Crippen LogP contribution in [0.2, 0.25) is 0 Å². The standard InChI is InChI=1S/C14H13NO2/c1-3-10-15(11-4-2)14(16)17-12-13-8-6-5-7-9-13/h1-2,5-9H,10-12H2. The summed E-state index contributed by atoms with van der Waals surface area (Å²) in [6.07, 6.45) is 9.78. The zero-order chi connectivity index (χ0) is 12.5. The van der Waals surface area contributed by atoms with Gasteiger partial charge in [-0.3, -0.25) is 4.90 Å². The van der Waals surface area contributed by atoms with E-state index >= 15 is 0 Å². The lowest BCUT2D eigenvalue weighted by Crippen LogP contribution is -2.32. The number of hydrogen-bond donors (Lipinski definition) is 0. The molecule has 86 valence electrons. The van der Waals surface area contributed by atoms with E-state index in [-0.39, 0.29) is 19.7 Å². The zero-order valence-corrected chi connectivity index (χ0v) is 9.43. The minimum absolute atomic E-state index is 0.151. The number of hydrogen-bond acceptors (Lipinski definition) is 2. The van der Waals surface area contributed by atoms with Gasteiger partial charge in [-0.05, 0) is 5.56 Å². The number of carbonyl (C=O) groups is 1. The highest BCUT2D eigenvalue weighted by atomic mass is 16.6. The molecule has 0 aliphatic carbocycles. The largest absolute Gasteiger partial charge is 0.445 e. The average molecular weight is 227 g/mol. The van der Waals surface area contributed by atoms with Gasteiger partial charge in [0.05, 0.1) is 13.1 Å². The molecule has 1 aromatic rings. The van der Waals surface area contributed by atoms with Crippen LogP contribution in [0, 0.1) is 24.7 Å². The third kappa shape index (κ3) is 4.32. The van der Waals surface area contributed by atoms with Crippen LogP contribution in [0.15, 0.2) is 30.3 Å². The van der Waals surface area contributed by atoms with Gasteiger partial charge in [0.25, 0.3) is 0 Å². The number of amides is 1. The molecule has 0 bridgehead atoms. The van der Waals surface area contributed by atoms with Crippen LogP contribution in [-0.4, -0.2) is 24.1 Å². The summed E-state index contributed by atoms with van der Waals surface area (Å²) in [7, 11) is 0. The zero-order valence-electron chi connectivity index (χ0n) is 9.43. The molecule has 0 N–H and O–H groups in total. The molecule has 0 saturated carbocycles. The number of ether oxygens (including phenoxy) is 1. The summed E-state index contributed by atoms with van der Waals surface area (Å²) < 4.78 is 5.09. The monoisotopic (exact) mass is 227 g/mol. The van der Waals surface area contributed by atoms with Crippen molar-refractivity contribution < 1.29 is 9.53 Å². The Hall–Kier alpha value is -2.39. The Bertz CT molecular complexity index is 424. The molecule has 0 spiro atoms. The van der Waals surface area contributed by atoms with Crippen LogP contribution >= 0.6 is 0 Å². The van der Waals surface area contributed by atoms with E-state index in [9.17, 15) is 4.79 Å². The van der Waals surface area contributed by atoms with Gasteiger partial charge in [-0.25, -0.2) is 4.79 Å². The molecular formula is C14H13NO2. The van der Waals surface area contributed by atoms with Crippen molar-refractivity contribution in [1.82, 2.24) is 4.90 Å². The van der Waals surface area contributed by atoms with Crippen LogP contribution < -0.4 is 0 Å². The number of rotatable bonds is 4. The quantitative estimate of drug-likeness (QED) is 0.735. The molecule has 0 aliphatic rings. The fraction of sp³-hybridized carbons (Fsp3) is 0.214. The predicted octanol–water partition coefficient (Wildman–Crippen LogP) is 1.89. The van der Waals surface area contributed by atoms with E-state index in [1.807, 2.05) is 30.3 Å². The first-order valence-corrected chi connectivity index (χ1v) is 5.10. The van der Waals surface area contributed by atoms with Gasteiger partial charge in [0.1, 0.15) is 6.61 Å². The predicted molar refractivity (Wildman–Crippen MR) is 65.9 cm³/mol. The molecule has 0 fully saturated rings. The molecule has 1 aromatic carbocycles. The van der Waals surface area contributed by atoms with Gasteiger partial charge in [-0.2, -0.15) is 0 Å². The summed E-state index contributed by atoms with van der Waals surface area (Å²) >= 11 is 0. The van der Waals surface area contributed by atoms with Gasteiger partial charge in [0, 0.05) is 0 Å². The second-order valence-electron chi connectivity index (χ2n) is 3.30. The van der Waals surface area contributed by atoms with Crippen molar-refractivity contribution in [2.45, 2.75) is 6.61 Å². The Labute approximate surface area is 101 Å². The third-order valence-corrected chi connectivity index (χ3v) is 2.03. The van der Waals surface area contributed by atoms with Crippen LogP contribution in [0.3, 0.4) is 0 Å². The molecule has 3 nitrogen and oxygen atoms in total. The normalized spacial score (nSPS) is 8.82. The summed E-state index contributed by atoms with van der Waals surface area (Å²) in [5.74, 6) is 4.72. The topological polar surface area (TPSA) is 29.5 Å². The fourth-order valence-electron chi connectivity index (χ4n) is 1.22. The molecule has 0 aromatic heterocycles. The average Bonchev–Trinajstić information content (AvgIpc) is 2.37. The molecule has 0 atom stereocenters. The van der Waals surface area contributed by atoms with Crippen LogP contribution in [-0.2, 0) is 11.3 Å². The molecule has 0 heterocycles. The second-order valence-corrected chi connectivity index (χ2v) is 3.30. The van der Waals surface area contributed by atoms with Crippen LogP contribution in [0.25, 0.3) is 0 Å². The maximum atomic E-state index is 11.6. The van der Waals surface area contributed by atoms with Crippen molar-refractivity contribution in [3.05, 3.63) is 35.9 Å². The Morgan fingerprint density at radius 3 is 2.29 bits per heavy atom. The summed E-state index contributed by atoms with van der Waals surface area (Å²) in [6, 6.07) is 9.40. The lowest BCUT2D eigenvalue weighted by Gasteiger charge is -2.16. The summed E-state index contributed by atoms with van der Waals surface area (Å²) in [5, 5.41) is 0. The van der Waals surface area contributed by atoms with E-state index in [4.69, 9.17) is 17.6 Å². The molecule has 0 saturated heterocycles. The van der Waals surface area contributed by atoms with E-state index in [2.05, 4.69) is 11.8 Å². The smallest absolute Gasteiger partial charge is 0.411 e. The molecule has 0 aliphatic heterocycles. The van der Waals surface area contributed by atoms with Gasteiger partial charge >= 0.3 is 6.09 Å². The second kappa shape index (κ2) is 6.98. The van der Waals surface area contributed by atoms with Gasteiger partial charge < -0.3 is 4.74 Å². The Morgan fingerprint density at radius 2 is 1.76 bits per heavy atom. The minimum atomic E-state index is -0.496. The molecule has 1 rings (SSSR count). The van der Waals surface area contributed by atoms with Gasteiger partial charge in [-0.1, -0.05) is 42.2 Å². The maximum Gasteiger partial charge on any atom is 0.411 e. The first-order chi connectivity index (χ1) is 8.27. The van der Waals surface area contributed by atoms with Crippen molar-refractivity contribution in [3.63, 3.8) is 0 Å². The molecule has 0 unspecified atom stereocenters. The van der Waals surface area contributed by atoms with Crippen LogP contribution in [0.4, 0.5) is 4.79 Å². The number of nitrogens with zero attached hydrogens (tertiary/aromatic N) is 1. The summed E-state index contributed by atoms with van der Waals surface area (Å²) in [4.78, 5) is 12.9. The van der Waals surface area contributed by atoms with Crippen LogP contribution in [0.1, 0.15) is 5.56 Å². The third-order valence-electron chi connectivity index (χ3n) is 2.03. The number of benzene rings is 1. The molecule has 17 heavy (non-hydrogen) atoms. The van der Waals surface area contributed by atoms with Crippen molar-refractivity contribution >= 4 is 6.09 Å². The molecule has 0 radical (unpaired) electrons.